The average molecular weight is 463 g/mol. The van der Waals surface area contributed by atoms with Crippen LogP contribution in [-0.2, 0) is 4.74 Å². The quantitative estimate of drug-likeness (QED) is 0.596. The van der Waals surface area contributed by atoms with Gasteiger partial charge in [-0.25, -0.2) is 13.8 Å². The van der Waals surface area contributed by atoms with Gasteiger partial charge in [-0.1, -0.05) is 13.8 Å². The predicted octanol–water partition coefficient (Wildman–Crippen LogP) is 3.16. The van der Waals surface area contributed by atoms with Crippen LogP contribution in [0.25, 0.3) is 0 Å². The van der Waals surface area contributed by atoms with Crippen molar-refractivity contribution in [2.24, 2.45) is 5.92 Å². The zero-order valence-corrected chi connectivity index (χ0v) is 19.1. The molecule has 1 aromatic carbocycles. The van der Waals surface area contributed by atoms with Crippen molar-refractivity contribution < 1.29 is 23.4 Å². The van der Waals surface area contributed by atoms with Gasteiger partial charge in [-0.15, -0.1) is 0 Å². The standard InChI is InChI=1S/C24H32F2N4O3/c1-17(2)15-33-16-20(31)14-29-8-3-9-30(11-10-29)23-7-5-19(13-27-23)28-24(32)21-6-4-18(25)12-22(21)26/h4-7,12-13,17,20,31H,3,8-11,14-16H2,1-2H3,(H,28,32). The Labute approximate surface area is 193 Å². The molecule has 0 spiro atoms. The van der Waals surface area contributed by atoms with Crippen LogP contribution in [0.2, 0.25) is 0 Å². The molecule has 1 aromatic heterocycles. The monoisotopic (exact) mass is 462 g/mol. The molecular formula is C24H32F2N4O3. The number of amides is 1. The number of hydrogen-bond acceptors (Lipinski definition) is 6. The zero-order chi connectivity index (χ0) is 23.8. The van der Waals surface area contributed by atoms with Crippen molar-refractivity contribution in [3.8, 4) is 0 Å². The molecule has 1 fully saturated rings. The van der Waals surface area contributed by atoms with Crippen LogP contribution < -0.4 is 10.2 Å². The first-order chi connectivity index (χ1) is 15.8. The molecule has 2 heterocycles. The van der Waals surface area contributed by atoms with Crippen molar-refractivity contribution in [1.29, 1.82) is 0 Å². The summed E-state index contributed by atoms with van der Waals surface area (Å²) in [5.41, 5.74) is 0.193. The van der Waals surface area contributed by atoms with Gasteiger partial charge in [0.25, 0.3) is 5.91 Å². The van der Waals surface area contributed by atoms with Gasteiger partial charge in [-0.2, -0.15) is 0 Å². The van der Waals surface area contributed by atoms with Gasteiger partial charge in [0.05, 0.1) is 30.2 Å². The molecule has 0 aliphatic carbocycles. The molecule has 1 atom stereocenters. The zero-order valence-electron chi connectivity index (χ0n) is 19.1. The van der Waals surface area contributed by atoms with E-state index < -0.39 is 23.6 Å². The second-order valence-electron chi connectivity index (χ2n) is 8.71. The summed E-state index contributed by atoms with van der Waals surface area (Å²) in [6.45, 7) is 8.99. The maximum Gasteiger partial charge on any atom is 0.258 e. The number of aromatic nitrogens is 1. The lowest BCUT2D eigenvalue weighted by atomic mass is 10.2. The lowest BCUT2D eigenvalue weighted by Gasteiger charge is -2.24. The molecule has 180 valence electrons. The van der Waals surface area contributed by atoms with Gasteiger partial charge < -0.3 is 20.1 Å². The lowest BCUT2D eigenvalue weighted by molar-refractivity contribution is 0.00917. The van der Waals surface area contributed by atoms with E-state index in [1.54, 1.807) is 12.1 Å². The Kier molecular flexibility index (Phi) is 9.11. The molecule has 1 aliphatic heterocycles. The second kappa shape index (κ2) is 12.0. The number of pyridine rings is 1. The number of ether oxygens (including phenoxy) is 1. The van der Waals surface area contributed by atoms with Crippen molar-refractivity contribution in [1.82, 2.24) is 9.88 Å². The molecule has 7 nitrogen and oxygen atoms in total. The van der Waals surface area contributed by atoms with Crippen LogP contribution in [0.15, 0.2) is 36.5 Å². The summed E-state index contributed by atoms with van der Waals surface area (Å²) < 4.78 is 32.4. The summed E-state index contributed by atoms with van der Waals surface area (Å²) in [5, 5.41) is 12.8. The Hall–Kier alpha value is -2.62. The summed E-state index contributed by atoms with van der Waals surface area (Å²) >= 11 is 0. The van der Waals surface area contributed by atoms with E-state index in [1.165, 1.54) is 6.20 Å². The lowest BCUT2D eigenvalue weighted by Crippen LogP contribution is -2.38. The van der Waals surface area contributed by atoms with Gasteiger partial charge in [-0.3, -0.25) is 9.69 Å². The van der Waals surface area contributed by atoms with Gasteiger partial charge in [0.1, 0.15) is 17.5 Å². The van der Waals surface area contributed by atoms with Gasteiger partial charge in [0, 0.05) is 38.9 Å². The van der Waals surface area contributed by atoms with Crippen LogP contribution in [0.1, 0.15) is 30.6 Å². The minimum atomic E-state index is -0.914. The van der Waals surface area contributed by atoms with Crippen LogP contribution in [0.3, 0.4) is 0 Å². The number of carbonyl (C=O) groups is 1. The summed E-state index contributed by atoms with van der Waals surface area (Å²) in [6, 6.07) is 6.34. The third kappa shape index (κ3) is 7.73. The normalized spacial score (nSPS) is 16.0. The molecule has 1 amide bonds. The molecule has 1 unspecified atom stereocenters. The van der Waals surface area contributed by atoms with E-state index in [-0.39, 0.29) is 5.56 Å². The maximum absolute atomic E-state index is 13.8. The SMILES string of the molecule is CC(C)COCC(O)CN1CCCN(c2ccc(NC(=O)c3ccc(F)cc3F)cn2)CC1. The summed E-state index contributed by atoms with van der Waals surface area (Å²) in [6.07, 6.45) is 1.94. The minimum Gasteiger partial charge on any atom is -0.389 e. The number of carbonyl (C=O) groups excluding carboxylic acids is 1. The molecular weight excluding hydrogens is 430 g/mol. The fraction of sp³-hybridized carbons (Fsp3) is 0.500. The van der Waals surface area contributed by atoms with Gasteiger partial charge in [-0.05, 0) is 43.1 Å². The highest BCUT2D eigenvalue weighted by atomic mass is 19.1. The van der Waals surface area contributed by atoms with Gasteiger partial charge in [0.15, 0.2) is 0 Å². The number of benzene rings is 1. The third-order valence-electron chi connectivity index (χ3n) is 5.32. The highest BCUT2D eigenvalue weighted by molar-refractivity contribution is 6.04. The topological polar surface area (TPSA) is 77.9 Å². The molecule has 2 aromatic rings. The Bertz CT molecular complexity index is 911. The van der Waals surface area contributed by atoms with Crippen LogP contribution in [0.4, 0.5) is 20.3 Å². The van der Waals surface area contributed by atoms with Crippen molar-refractivity contribution >= 4 is 17.4 Å². The number of nitrogens with zero attached hydrogens (tertiary/aromatic N) is 3. The number of anilines is 2. The molecule has 1 saturated heterocycles. The van der Waals surface area contributed by atoms with Gasteiger partial charge >= 0.3 is 0 Å². The third-order valence-corrected chi connectivity index (χ3v) is 5.32. The van der Waals surface area contributed by atoms with Crippen LogP contribution in [0, 0.1) is 17.6 Å². The molecule has 1 aliphatic rings. The molecule has 33 heavy (non-hydrogen) atoms. The molecule has 9 heteroatoms. The smallest absolute Gasteiger partial charge is 0.258 e. The molecule has 0 radical (unpaired) electrons. The molecule has 3 rings (SSSR count). The van der Waals surface area contributed by atoms with Crippen molar-refractivity contribution in [3.63, 3.8) is 0 Å². The number of hydrogen-bond donors (Lipinski definition) is 2. The number of nitrogens with one attached hydrogen (secondary N) is 1. The summed E-state index contributed by atoms with van der Waals surface area (Å²) in [7, 11) is 0. The van der Waals surface area contributed by atoms with Crippen LogP contribution in [-0.4, -0.2) is 72.9 Å². The van der Waals surface area contributed by atoms with E-state index in [0.717, 1.165) is 50.6 Å². The Morgan fingerprint density at radius 3 is 2.67 bits per heavy atom. The summed E-state index contributed by atoms with van der Waals surface area (Å²) in [4.78, 5) is 21.1. The number of aliphatic hydroxyl groups excluding tert-OH is 1. The van der Waals surface area contributed by atoms with Crippen LogP contribution in [0.5, 0.6) is 0 Å². The molecule has 0 bridgehead atoms. The minimum absolute atomic E-state index is 0.232. The first-order valence-electron chi connectivity index (χ1n) is 11.3. The van der Waals surface area contributed by atoms with E-state index in [4.69, 9.17) is 4.74 Å². The first kappa shape index (κ1) is 25.0. The average Bonchev–Trinajstić information content (AvgIpc) is 2.99. The fourth-order valence-electron chi connectivity index (χ4n) is 3.69. The van der Waals surface area contributed by atoms with Crippen molar-refractivity contribution in [2.75, 3.05) is 56.2 Å². The number of β-amino-alcohol motifs (C(OH)–C–C–N with tert-alkyl or cyclic N) is 1. The predicted molar refractivity (Wildman–Crippen MR) is 123 cm³/mol. The largest absolute Gasteiger partial charge is 0.389 e. The van der Waals surface area contributed by atoms with E-state index in [9.17, 15) is 18.7 Å². The van der Waals surface area contributed by atoms with Crippen LogP contribution >= 0.6 is 0 Å². The summed E-state index contributed by atoms with van der Waals surface area (Å²) in [5.74, 6) is -1.09. The maximum atomic E-state index is 13.8. The number of rotatable bonds is 9. The Balaban J connectivity index is 1.50. The van der Waals surface area contributed by atoms with Crippen molar-refractivity contribution in [2.45, 2.75) is 26.4 Å². The van der Waals surface area contributed by atoms with E-state index >= 15 is 0 Å². The van der Waals surface area contributed by atoms with Crippen molar-refractivity contribution in [3.05, 3.63) is 53.7 Å². The Morgan fingerprint density at radius 1 is 1.15 bits per heavy atom. The first-order valence-corrected chi connectivity index (χ1v) is 11.3. The highest BCUT2D eigenvalue weighted by Crippen LogP contribution is 2.18. The highest BCUT2D eigenvalue weighted by Gasteiger charge is 2.19. The van der Waals surface area contributed by atoms with E-state index in [1.807, 2.05) is 0 Å². The molecule has 0 saturated carbocycles. The number of halogens is 2. The fourth-order valence-corrected chi connectivity index (χ4v) is 3.69. The van der Waals surface area contributed by atoms with E-state index in [0.29, 0.717) is 37.4 Å². The van der Waals surface area contributed by atoms with Gasteiger partial charge in [0.2, 0.25) is 0 Å². The second-order valence-corrected chi connectivity index (χ2v) is 8.71. The molecule has 2 N–H and O–H groups in total. The Morgan fingerprint density at radius 2 is 1.97 bits per heavy atom. The van der Waals surface area contributed by atoms with E-state index in [2.05, 4.69) is 33.9 Å². The number of aliphatic hydroxyl groups is 1.